The fourth-order valence-corrected chi connectivity index (χ4v) is 5.64. The molecule has 0 saturated carbocycles. The highest BCUT2D eigenvalue weighted by Gasteiger charge is 2.71. The zero-order chi connectivity index (χ0) is 22.0. The van der Waals surface area contributed by atoms with Gasteiger partial charge in [0.25, 0.3) is 0 Å². The SMILES string of the molecule is CC[N+]1(C)C2CC(OC(=O)C(O)(c3ccc(F)cc3)c3ccc(F)cc3)C[C@H]1[C@H]1OC21. The van der Waals surface area contributed by atoms with Crippen LogP contribution in [0.25, 0.3) is 0 Å². The Morgan fingerprint density at radius 1 is 1.03 bits per heavy atom. The van der Waals surface area contributed by atoms with Gasteiger partial charge in [0.2, 0.25) is 5.60 Å². The Hall–Kier alpha value is -2.35. The lowest BCUT2D eigenvalue weighted by Gasteiger charge is -2.47. The Balaban J connectivity index is 1.43. The molecule has 2 bridgehead atoms. The Bertz CT molecular complexity index is 930. The van der Waals surface area contributed by atoms with Crippen LogP contribution in [0.15, 0.2) is 48.5 Å². The predicted molar refractivity (Wildman–Crippen MR) is 108 cm³/mol. The highest BCUT2D eigenvalue weighted by Crippen LogP contribution is 2.52. The number of piperidine rings is 1. The first-order chi connectivity index (χ1) is 14.8. The lowest BCUT2D eigenvalue weighted by molar-refractivity contribution is -0.954. The number of carbonyl (C=O) groups excluding carboxylic acids is 1. The van der Waals surface area contributed by atoms with E-state index in [1.807, 2.05) is 0 Å². The average Bonchev–Trinajstić information content (AvgIpc) is 3.53. The van der Waals surface area contributed by atoms with Crippen molar-refractivity contribution < 1.29 is 32.6 Å². The monoisotopic (exact) mass is 430 g/mol. The largest absolute Gasteiger partial charge is 0.459 e. The van der Waals surface area contributed by atoms with E-state index >= 15 is 0 Å². The molecule has 1 N–H and O–H groups in total. The Morgan fingerprint density at radius 2 is 1.48 bits per heavy atom. The van der Waals surface area contributed by atoms with Crippen LogP contribution in [0.3, 0.4) is 0 Å². The number of epoxide rings is 1. The molecular weight excluding hydrogens is 404 g/mol. The van der Waals surface area contributed by atoms with Gasteiger partial charge in [-0.25, -0.2) is 13.6 Å². The van der Waals surface area contributed by atoms with E-state index < -0.39 is 23.2 Å². The molecule has 4 unspecified atom stereocenters. The number of esters is 1. The molecule has 2 aromatic carbocycles. The Labute approximate surface area is 179 Å². The standard InChI is InChI=1S/C24H26F2NO4/c1-3-27(2)19-12-18(13-20(27)22-21(19)31-22)30-23(28)24(29,14-4-8-16(25)9-5-14)15-6-10-17(26)11-7-15/h4-11,18-22,29H,3,12-13H2,1-2H3/q+1/t18?,19-,20?,21+,22?,27?/m0/s1. The van der Waals surface area contributed by atoms with Crippen LogP contribution in [0.2, 0.25) is 0 Å². The smallest absolute Gasteiger partial charge is 0.347 e. The maximum atomic E-state index is 13.5. The lowest BCUT2D eigenvalue weighted by atomic mass is 9.86. The molecule has 3 aliphatic heterocycles. The van der Waals surface area contributed by atoms with Crippen LogP contribution in [0, 0.1) is 11.6 Å². The number of nitrogens with zero attached hydrogens (tertiary/aromatic N) is 1. The van der Waals surface area contributed by atoms with Crippen LogP contribution in [-0.4, -0.2) is 59.5 Å². The van der Waals surface area contributed by atoms with E-state index in [-0.39, 0.29) is 41.5 Å². The van der Waals surface area contributed by atoms with Gasteiger partial charge < -0.3 is 19.1 Å². The van der Waals surface area contributed by atoms with Crippen molar-refractivity contribution in [3.8, 4) is 0 Å². The molecule has 0 aliphatic carbocycles. The fraction of sp³-hybridized carbons (Fsp3) is 0.458. The topological polar surface area (TPSA) is 59.1 Å². The van der Waals surface area contributed by atoms with Gasteiger partial charge in [0, 0.05) is 12.8 Å². The predicted octanol–water partition coefficient (Wildman–Crippen LogP) is 2.89. The van der Waals surface area contributed by atoms with Crippen LogP contribution in [-0.2, 0) is 19.9 Å². The summed E-state index contributed by atoms with van der Waals surface area (Å²) in [5, 5.41) is 11.5. The van der Waals surface area contributed by atoms with E-state index in [0.29, 0.717) is 12.8 Å². The quantitative estimate of drug-likeness (QED) is 0.450. The van der Waals surface area contributed by atoms with E-state index in [2.05, 4.69) is 14.0 Å². The number of halogens is 2. The van der Waals surface area contributed by atoms with Gasteiger partial charge in [0.05, 0.1) is 13.6 Å². The van der Waals surface area contributed by atoms with E-state index in [1.165, 1.54) is 48.5 Å². The normalized spacial score (nSPS) is 33.6. The number of benzene rings is 2. The Kier molecular flexibility index (Phi) is 4.70. The molecule has 0 radical (unpaired) electrons. The van der Waals surface area contributed by atoms with Crippen molar-refractivity contribution in [1.29, 1.82) is 0 Å². The maximum absolute atomic E-state index is 13.5. The number of likely N-dealkylation sites (N-methyl/N-ethyl adjacent to an activating group) is 1. The summed E-state index contributed by atoms with van der Waals surface area (Å²) < 4.78 is 39.6. The Morgan fingerprint density at radius 3 is 1.90 bits per heavy atom. The van der Waals surface area contributed by atoms with Crippen LogP contribution in [0.5, 0.6) is 0 Å². The lowest BCUT2D eigenvalue weighted by Crippen LogP contribution is -2.62. The molecule has 164 valence electrons. The van der Waals surface area contributed by atoms with Crippen LogP contribution >= 0.6 is 0 Å². The van der Waals surface area contributed by atoms with Gasteiger partial charge in [-0.15, -0.1) is 0 Å². The van der Waals surface area contributed by atoms with Crippen LogP contribution in [0.4, 0.5) is 8.78 Å². The fourth-order valence-electron chi connectivity index (χ4n) is 5.64. The summed E-state index contributed by atoms with van der Waals surface area (Å²) >= 11 is 0. The summed E-state index contributed by atoms with van der Waals surface area (Å²) in [7, 11) is 2.23. The number of hydrogen-bond acceptors (Lipinski definition) is 4. The van der Waals surface area contributed by atoms with Gasteiger partial charge in [-0.05, 0) is 42.3 Å². The highest BCUT2D eigenvalue weighted by atomic mass is 19.1. The molecule has 0 spiro atoms. The van der Waals surface area contributed by atoms with Crippen molar-refractivity contribution in [3.05, 3.63) is 71.3 Å². The summed E-state index contributed by atoms with van der Waals surface area (Å²) in [6.45, 7) is 3.15. The number of aliphatic hydroxyl groups is 1. The minimum absolute atomic E-state index is 0.171. The van der Waals surface area contributed by atoms with Crippen molar-refractivity contribution in [2.24, 2.45) is 0 Å². The molecular formula is C24H26F2NO4+. The number of carbonyl (C=O) groups is 1. The van der Waals surface area contributed by atoms with Crippen molar-refractivity contribution in [1.82, 2.24) is 0 Å². The second-order valence-electron chi connectivity index (χ2n) is 9.09. The average molecular weight is 430 g/mol. The molecule has 3 heterocycles. The van der Waals surface area contributed by atoms with Gasteiger partial charge in [-0.3, -0.25) is 0 Å². The molecule has 2 aromatic rings. The molecule has 0 amide bonds. The number of ether oxygens (including phenoxy) is 2. The van der Waals surface area contributed by atoms with Crippen LogP contribution < -0.4 is 0 Å². The number of hydrogen-bond donors (Lipinski definition) is 1. The minimum atomic E-state index is -2.17. The minimum Gasteiger partial charge on any atom is -0.459 e. The van der Waals surface area contributed by atoms with Crippen molar-refractivity contribution in [2.75, 3.05) is 13.6 Å². The first-order valence-corrected chi connectivity index (χ1v) is 10.7. The van der Waals surface area contributed by atoms with Crippen molar-refractivity contribution in [2.45, 2.75) is 55.8 Å². The summed E-state index contributed by atoms with van der Waals surface area (Å²) in [6.07, 6.45) is 1.41. The summed E-state index contributed by atoms with van der Waals surface area (Å²) in [6, 6.07) is 10.6. The number of morpholine rings is 1. The molecule has 6 atom stereocenters. The summed E-state index contributed by atoms with van der Waals surface area (Å²) in [4.78, 5) is 13.4. The second-order valence-corrected chi connectivity index (χ2v) is 9.09. The molecule has 0 aromatic heterocycles. The molecule has 3 aliphatic rings. The first-order valence-electron chi connectivity index (χ1n) is 10.7. The van der Waals surface area contributed by atoms with Gasteiger partial charge in [-0.2, -0.15) is 0 Å². The molecule has 3 fully saturated rings. The van der Waals surface area contributed by atoms with E-state index in [1.54, 1.807) is 0 Å². The molecule has 5 rings (SSSR count). The molecule has 5 nitrogen and oxygen atoms in total. The maximum Gasteiger partial charge on any atom is 0.347 e. The third-order valence-electron chi connectivity index (χ3n) is 7.62. The van der Waals surface area contributed by atoms with Crippen molar-refractivity contribution in [3.63, 3.8) is 0 Å². The third-order valence-corrected chi connectivity index (χ3v) is 7.62. The van der Waals surface area contributed by atoms with Crippen LogP contribution in [0.1, 0.15) is 30.9 Å². The third kappa shape index (κ3) is 3.10. The summed E-state index contributed by atoms with van der Waals surface area (Å²) in [5.41, 5.74) is -1.82. The molecule has 3 saturated heterocycles. The second kappa shape index (κ2) is 7.08. The highest BCUT2D eigenvalue weighted by molar-refractivity contribution is 5.85. The van der Waals surface area contributed by atoms with E-state index in [9.17, 15) is 18.7 Å². The van der Waals surface area contributed by atoms with Gasteiger partial charge in [-0.1, -0.05) is 24.3 Å². The number of rotatable bonds is 5. The molecule has 7 heteroatoms. The molecule has 31 heavy (non-hydrogen) atoms. The van der Waals surface area contributed by atoms with E-state index in [4.69, 9.17) is 9.47 Å². The first kappa shape index (κ1) is 20.5. The number of quaternary nitrogens is 1. The van der Waals surface area contributed by atoms with Gasteiger partial charge >= 0.3 is 5.97 Å². The summed E-state index contributed by atoms with van der Waals surface area (Å²) in [5.74, 6) is -1.81. The zero-order valence-electron chi connectivity index (χ0n) is 17.5. The number of fused-ring (bicyclic) bond motifs is 5. The van der Waals surface area contributed by atoms with Gasteiger partial charge in [0.1, 0.15) is 42.0 Å². The van der Waals surface area contributed by atoms with E-state index in [0.717, 1.165) is 11.0 Å². The van der Waals surface area contributed by atoms with Crippen molar-refractivity contribution >= 4 is 5.97 Å². The van der Waals surface area contributed by atoms with Gasteiger partial charge in [0.15, 0.2) is 0 Å². The zero-order valence-corrected chi connectivity index (χ0v) is 17.5.